The second-order valence-electron chi connectivity index (χ2n) is 7.75. The summed E-state index contributed by atoms with van der Waals surface area (Å²) in [6.45, 7) is 14.0. The molecule has 0 aliphatic rings. The van der Waals surface area contributed by atoms with Crippen LogP contribution in [-0.2, 0) is 32.0 Å². The molecule has 40 heavy (non-hydrogen) atoms. The number of carbonyl (C=O) groups is 5. The van der Waals surface area contributed by atoms with Crippen molar-refractivity contribution in [3.8, 4) is 11.5 Å². The summed E-state index contributed by atoms with van der Waals surface area (Å²) in [5, 5.41) is 27.4. The van der Waals surface area contributed by atoms with Gasteiger partial charge in [0.1, 0.15) is 11.5 Å². The van der Waals surface area contributed by atoms with Crippen molar-refractivity contribution in [1.82, 2.24) is 0 Å². The van der Waals surface area contributed by atoms with E-state index in [1.54, 1.807) is 38.1 Å². The van der Waals surface area contributed by atoms with Gasteiger partial charge in [0, 0.05) is 31.9 Å². The second-order valence-corrected chi connectivity index (χ2v) is 7.75. The van der Waals surface area contributed by atoms with Crippen molar-refractivity contribution >= 4 is 29.8 Å². The number of phenolic OH excluding ortho intramolecular Hbond substituents is 1. The van der Waals surface area contributed by atoms with Crippen molar-refractivity contribution in [3.05, 3.63) is 83.0 Å². The fraction of sp³-hybridized carbons (Fsp3) is 0.250. The summed E-state index contributed by atoms with van der Waals surface area (Å²) in [5.41, 5.74) is 2.56. The van der Waals surface area contributed by atoms with E-state index in [0.29, 0.717) is 35.3 Å². The standard InChI is InChI=1S/C13H14O4.C11H12O3.C4H6O3.Na.H2O/c1-4-5-10-6-7-11(13(15)16)8(2)12(10)17-9(3)14;1-3-4-8-5-6-9(11(13)14)7(2)10(8)12;1-3(5)7-4(2)6;;/h4,6-7H,1,5H2,2-3H3,(H,15,16);3,5-6,12H,1,4H2,2H3,(H,13,14);1-2H3;;1H2/q;;;+1;/p-1. The van der Waals surface area contributed by atoms with E-state index in [9.17, 15) is 29.1 Å². The molecule has 0 aliphatic heterocycles. The molecule has 0 saturated carbocycles. The van der Waals surface area contributed by atoms with Gasteiger partial charge >= 0.3 is 59.4 Å². The van der Waals surface area contributed by atoms with Crippen molar-refractivity contribution in [2.45, 2.75) is 47.5 Å². The Hall–Kier alpha value is -3.77. The third-order valence-corrected chi connectivity index (χ3v) is 4.72. The first kappa shape index (κ1) is 40.7. The second kappa shape index (κ2) is 20.2. The van der Waals surface area contributed by atoms with Gasteiger partial charge in [-0.25, -0.2) is 9.59 Å². The van der Waals surface area contributed by atoms with Crippen LogP contribution < -0.4 is 34.3 Å². The number of carboxylic acids is 2. The van der Waals surface area contributed by atoms with Crippen LogP contribution in [0.3, 0.4) is 0 Å². The molecule has 2 aromatic rings. The Bertz CT molecular complexity index is 1220. The summed E-state index contributed by atoms with van der Waals surface area (Å²) in [4.78, 5) is 52.3. The molecule has 0 heterocycles. The van der Waals surface area contributed by atoms with E-state index < -0.39 is 29.8 Å². The molecule has 11 nitrogen and oxygen atoms in total. The third kappa shape index (κ3) is 13.9. The fourth-order valence-corrected chi connectivity index (χ4v) is 3.09. The fourth-order valence-electron chi connectivity index (χ4n) is 3.09. The molecule has 212 valence electrons. The van der Waals surface area contributed by atoms with Gasteiger partial charge in [-0.2, -0.15) is 0 Å². The molecule has 12 heteroatoms. The first-order valence-electron chi connectivity index (χ1n) is 11.2. The van der Waals surface area contributed by atoms with Crippen LogP contribution in [0.15, 0.2) is 49.6 Å². The number of aromatic hydroxyl groups is 1. The number of phenols is 1. The maximum Gasteiger partial charge on any atom is 1.00 e. The smallest absolute Gasteiger partial charge is 0.870 e. The van der Waals surface area contributed by atoms with Crippen molar-refractivity contribution in [3.63, 3.8) is 0 Å². The zero-order valence-corrected chi connectivity index (χ0v) is 25.4. The summed E-state index contributed by atoms with van der Waals surface area (Å²) in [5.74, 6) is -3.30. The van der Waals surface area contributed by atoms with Gasteiger partial charge in [-0.05, 0) is 49.9 Å². The molecule has 0 spiro atoms. The summed E-state index contributed by atoms with van der Waals surface area (Å²) in [6, 6.07) is 6.24. The normalized spacial score (nSPS) is 8.93. The van der Waals surface area contributed by atoms with Crippen LogP contribution in [-0.4, -0.2) is 50.6 Å². The summed E-state index contributed by atoms with van der Waals surface area (Å²) < 4.78 is 9.04. The number of carbonyl (C=O) groups excluding carboxylic acids is 3. The minimum atomic E-state index is -1.04. The Morgan fingerprint density at radius 2 is 1.15 bits per heavy atom. The number of hydrogen-bond acceptors (Lipinski definition) is 9. The zero-order chi connectivity index (χ0) is 29.6. The van der Waals surface area contributed by atoms with Gasteiger partial charge in [0.25, 0.3) is 0 Å². The van der Waals surface area contributed by atoms with Crippen LogP contribution in [0.2, 0.25) is 0 Å². The molecule has 0 radical (unpaired) electrons. The van der Waals surface area contributed by atoms with Gasteiger partial charge in [-0.1, -0.05) is 24.3 Å². The van der Waals surface area contributed by atoms with E-state index >= 15 is 0 Å². The topological polar surface area (TPSA) is 194 Å². The first-order chi connectivity index (χ1) is 17.7. The Balaban J connectivity index is -0.000000540. The van der Waals surface area contributed by atoms with Crippen molar-refractivity contribution in [2.75, 3.05) is 0 Å². The largest absolute Gasteiger partial charge is 1.00 e. The Morgan fingerprint density at radius 1 is 0.750 bits per heavy atom. The summed E-state index contributed by atoms with van der Waals surface area (Å²) in [6.07, 6.45) is 4.38. The molecule has 0 saturated heterocycles. The van der Waals surface area contributed by atoms with Gasteiger partial charge in [0.05, 0.1) is 11.1 Å². The maximum atomic E-state index is 11.0. The molecule has 0 aliphatic carbocycles. The minimum Gasteiger partial charge on any atom is -0.870 e. The molecule has 0 fully saturated rings. The van der Waals surface area contributed by atoms with E-state index in [1.165, 1.54) is 32.9 Å². The number of carboxylic acid groups (broad SMARTS) is 2. The molecule has 0 atom stereocenters. The van der Waals surface area contributed by atoms with E-state index in [0.717, 1.165) is 5.56 Å². The Morgan fingerprint density at radius 3 is 1.50 bits per heavy atom. The van der Waals surface area contributed by atoms with Gasteiger partial charge < -0.3 is 30.3 Å². The van der Waals surface area contributed by atoms with E-state index in [4.69, 9.17) is 14.9 Å². The van der Waals surface area contributed by atoms with E-state index in [2.05, 4.69) is 17.9 Å². The van der Waals surface area contributed by atoms with Crippen LogP contribution in [0.25, 0.3) is 0 Å². The molecular weight excluding hydrogens is 535 g/mol. The van der Waals surface area contributed by atoms with E-state index in [1.807, 2.05) is 0 Å². The summed E-state index contributed by atoms with van der Waals surface area (Å²) >= 11 is 0. The number of allylic oxidation sites excluding steroid dienone is 2. The van der Waals surface area contributed by atoms with Gasteiger partial charge in [-0.3, -0.25) is 14.4 Å². The number of esters is 3. The average Bonchev–Trinajstić information content (AvgIpc) is 2.79. The molecule has 4 N–H and O–H groups in total. The average molecular weight is 569 g/mol. The SMILES string of the molecule is C=CCc1ccc(C(=O)O)c(C)c1O.C=CCc1ccc(C(=O)O)c(C)c1OC(C)=O.CC(=O)OC(C)=O.[Na+].[OH-]. The van der Waals surface area contributed by atoms with Crippen molar-refractivity contribution in [1.29, 1.82) is 0 Å². The number of benzene rings is 2. The van der Waals surface area contributed by atoms with Crippen LogP contribution >= 0.6 is 0 Å². The molecule has 2 rings (SSSR count). The summed E-state index contributed by atoms with van der Waals surface area (Å²) in [7, 11) is 0. The van der Waals surface area contributed by atoms with Crippen molar-refractivity contribution < 1.29 is 83.8 Å². The number of ether oxygens (including phenoxy) is 2. The van der Waals surface area contributed by atoms with Gasteiger partial charge in [0.15, 0.2) is 0 Å². The predicted molar refractivity (Wildman–Crippen MR) is 141 cm³/mol. The monoisotopic (exact) mass is 568 g/mol. The molecular formula is C28H33NaO11. The van der Waals surface area contributed by atoms with Crippen molar-refractivity contribution in [2.24, 2.45) is 0 Å². The number of hydrogen-bond donors (Lipinski definition) is 3. The predicted octanol–water partition coefficient (Wildman–Crippen LogP) is 1.40. The molecule has 2 aromatic carbocycles. The molecule has 0 amide bonds. The van der Waals surface area contributed by atoms with Gasteiger partial charge in [-0.15, -0.1) is 13.2 Å². The number of aromatic carboxylic acids is 2. The Labute approximate surface area is 254 Å². The van der Waals surface area contributed by atoms with E-state index in [-0.39, 0.29) is 51.9 Å². The van der Waals surface area contributed by atoms with Crippen LogP contribution in [0.4, 0.5) is 0 Å². The quantitative estimate of drug-likeness (QED) is 0.144. The number of rotatable bonds is 7. The van der Waals surface area contributed by atoms with Crippen LogP contribution in [0, 0.1) is 13.8 Å². The first-order valence-corrected chi connectivity index (χ1v) is 11.2. The minimum absolute atomic E-state index is 0. The third-order valence-electron chi connectivity index (χ3n) is 4.72. The van der Waals surface area contributed by atoms with Gasteiger partial charge in [0.2, 0.25) is 0 Å². The van der Waals surface area contributed by atoms with Crippen LogP contribution in [0.1, 0.15) is 63.7 Å². The van der Waals surface area contributed by atoms with Crippen LogP contribution in [0.5, 0.6) is 11.5 Å². The molecule has 0 unspecified atom stereocenters. The molecule has 0 aromatic heterocycles. The maximum absolute atomic E-state index is 11.0. The Kier molecular flexibility index (Phi) is 20.5. The molecule has 0 bridgehead atoms. The zero-order valence-electron chi connectivity index (χ0n) is 23.4.